The zero-order valence-corrected chi connectivity index (χ0v) is 17.8. The molecule has 1 aliphatic heterocycles. The van der Waals surface area contributed by atoms with E-state index >= 15 is 0 Å². The first kappa shape index (κ1) is 21.8. The maximum atomic E-state index is 12.3. The summed E-state index contributed by atoms with van der Waals surface area (Å²) >= 11 is 3.36. The lowest BCUT2D eigenvalue weighted by Crippen LogP contribution is -2.51. The van der Waals surface area contributed by atoms with Gasteiger partial charge < -0.3 is 10.6 Å². The van der Waals surface area contributed by atoms with Gasteiger partial charge in [-0.2, -0.15) is 5.01 Å². The molecule has 1 aromatic carbocycles. The molecule has 1 heterocycles. The number of anilines is 1. The van der Waals surface area contributed by atoms with Crippen molar-refractivity contribution in [3.05, 3.63) is 28.2 Å². The Kier molecular flexibility index (Phi) is 6.78. The van der Waals surface area contributed by atoms with E-state index in [4.69, 9.17) is 0 Å². The molecule has 2 rings (SSSR count). The third kappa shape index (κ3) is 5.08. The number of imide groups is 1. The molecule has 3 N–H and O–H groups in total. The number of likely N-dealkylation sites (N-methyl/N-ethyl adjacent to an activating group) is 1. The molecule has 0 aliphatic carbocycles. The molecule has 1 atom stereocenters. The fraction of sp³-hybridized carbons (Fsp3) is 0.444. The average molecular weight is 454 g/mol. The first-order valence-corrected chi connectivity index (χ1v) is 9.55. The minimum atomic E-state index is -1.03. The van der Waals surface area contributed by atoms with Crippen LogP contribution in [0.15, 0.2) is 22.7 Å². The lowest BCUT2D eigenvalue weighted by Gasteiger charge is -2.21. The number of carbonyl (C=O) groups excluding carboxylic acids is 4. The molecule has 1 unspecified atom stereocenters. The highest BCUT2D eigenvalue weighted by atomic mass is 79.9. The second-order valence-corrected chi connectivity index (χ2v) is 7.89. The summed E-state index contributed by atoms with van der Waals surface area (Å²) in [6.07, 6.45) is 0.402. The number of halogens is 1. The van der Waals surface area contributed by atoms with Crippen molar-refractivity contribution >= 4 is 45.4 Å². The molecule has 1 aliphatic rings. The number of hydrogen-bond donors (Lipinski definition) is 3. The van der Waals surface area contributed by atoms with E-state index in [1.165, 1.54) is 4.90 Å². The zero-order valence-electron chi connectivity index (χ0n) is 16.3. The fourth-order valence-electron chi connectivity index (χ4n) is 2.69. The molecule has 28 heavy (non-hydrogen) atoms. The van der Waals surface area contributed by atoms with Crippen molar-refractivity contribution in [2.24, 2.45) is 0 Å². The third-order valence-electron chi connectivity index (χ3n) is 4.49. The minimum Gasteiger partial charge on any atom is -0.325 e. The smallest absolute Gasteiger partial charge is 0.325 e. The number of nitrogens with one attached hydrogen (secondary N) is 3. The molecule has 9 nitrogen and oxygen atoms in total. The van der Waals surface area contributed by atoms with Gasteiger partial charge in [0.1, 0.15) is 5.54 Å². The molecule has 5 amide bonds. The Balaban J connectivity index is 1.86. The Morgan fingerprint density at radius 1 is 1.25 bits per heavy atom. The number of hydrogen-bond acceptors (Lipinski definition) is 5. The predicted octanol–water partition coefficient (Wildman–Crippen LogP) is 1.38. The van der Waals surface area contributed by atoms with Gasteiger partial charge >= 0.3 is 6.03 Å². The van der Waals surface area contributed by atoms with Crippen molar-refractivity contribution in [1.29, 1.82) is 0 Å². The van der Waals surface area contributed by atoms with Crippen LogP contribution >= 0.6 is 15.9 Å². The number of benzene rings is 1. The number of urea groups is 1. The van der Waals surface area contributed by atoms with E-state index in [0.29, 0.717) is 17.1 Å². The summed E-state index contributed by atoms with van der Waals surface area (Å²) in [7, 11) is 1.59. The number of aryl methyl sites for hydroxylation is 1. The molecular weight excluding hydrogens is 430 g/mol. The van der Waals surface area contributed by atoms with Gasteiger partial charge in [-0.1, -0.05) is 22.9 Å². The van der Waals surface area contributed by atoms with Crippen LogP contribution in [0, 0.1) is 6.92 Å². The molecule has 1 fully saturated rings. The standard InChI is InChI=1S/C18H24BrN5O4/c1-5-18(3)16(27)24(17(28)21-18)22-15(26)10-23(4)9-14(25)20-13-7-6-12(19)8-11(13)2/h6-8H,5,9-10H2,1-4H3,(H,20,25)(H,21,28)(H,22,26). The SMILES string of the molecule is CCC1(C)NC(=O)N(NC(=O)CN(C)CC(=O)Nc2ccc(Br)cc2C)C1=O. The number of hydrazine groups is 1. The van der Waals surface area contributed by atoms with Gasteiger partial charge in [0.05, 0.1) is 13.1 Å². The Bertz CT molecular complexity index is 815. The summed E-state index contributed by atoms with van der Waals surface area (Å²) in [6.45, 7) is 5.05. The van der Waals surface area contributed by atoms with Crippen LogP contribution in [0.25, 0.3) is 0 Å². The van der Waals surface area contributed by atoms with Gasteiger partial charge in [-0.05, 0) is 51.1 Å². The molecule has 1 aromatic rings. The summed E-state index contributed by atoms with van der Waals surface area (Å²) in [6, 6.07) is 4.82. The number of nitrogens with zero attached hydrogens (tertiary/aromatic N) is 2. The van der Waals surface area contributed by atoms with Gasteiger partial charge in [0, 0.05) is 10.2 Å². The second-order valence-electron chi connectivity index (χ2n) is 6.97. The van der Waals surface area contributed by atoms with Crippen LogP contribution in [0.2, 0.25) is 0 Å². The Morgan fingerprint density at radius 3 is 2.46 bits per heavy atom. The first-order valence-electron chi connectivity index (χ1n) is 8.76. The zero-order chi connectivity index (χ0) is 21.1. The van der Waals surface area contributed by atoms with E-state index in [9.17, 15) is 19.2 Å². The van der Waals surface area contributed by atoms with Crippen LogP contribution < -0.4 is 16.1 Å². The molecule has 0 aromatic heterocycles. The van der Waals surface area contributed by atoms with Gasteiger partial charge in [-0.3, -0.25) is 24.7 Å². The van der Waals surface area contributed by atoms with Gasteiger partial charge in [0.25, 0.3) is 11.8 Å². The first-order chi connectivity index (χ1) is 13.1. The maximum Gasteiger partial charge on any atom is 0.344 e. The van der Waals surface area contributed by atoms with E-state index < -0.39 is 23.4 Å². The maximum absolute atomic E-state index is 12.3. The van der Waals surface area contributed by atoms with Crippen molar-refractivity contribution in [3.8, 4) is 0 Å². The van der Waals surface area contributed by atoms with Crippen molar-refractivity contribution < 1.29 is 19.2 Å². The normalized spacial score (nSPS) is 19.0. The topological polar surface area (TPSA) is 111 Å². The van der Waals surface area contributed by atoms with Crippen molar-refractivity contribution in [2.45, 2.75) is 32.7 Å². The van der Waals surface area contributed by atoms with Crippen molar-refractivity contribution in [3.63, 3.8) is 0 Å². The summed E-state index contributed by atoms with van der Waals surface area (Å²) in [5.74, 6) is -1.37. The van der Waals surface area contributed by atoms with E-state index in [-0.39, 0.29) is 19.0 Å². The van der Waals surface area contributed by atoms with E-state index in [1.807, 2.05) is 19.1 Å². The summed E-state index contributed by atoms with van der Waals surface area (Å²) in [5.41, 5.74) is 2.85. The highest BCUT2D eigenvalue weighted by Crippen LogP contribution is 2.20. The third-order valence-corrected chi connectivity index (χ3v) is 4.99. The van der Waals surface area contributed by atoms with Gasteiger partial charge in [-0.15, -0.1) is 0 Å². The molecule has 10 heteroatoms. The summed E-state index contributed by atoms with van der Waals surface area (Å²) in [4.78, 5) is 50.0. The van der Waals surface area contributed by atoms with E-state index in [2.05, 4.69) is 32.0 Å². The quantitative estimate of drug-likeness (QED) is 0.540. The highest BCUT2D eigenvalue weighted by molar-refractivity contribution is 9.10. The Labute approximate surface area is 171 Å². The highest BCUT2D eigenvalue weighted by Gasteiger charge is 2.47. The fourth-order valence-corrected chi connectivity index (χ4v) is 3.16. The lowest BCUT2D eigenvalue weighted by atomic mass is 10.00. The van der Waals surface area contributed by atoms with Gasteiger partial charge in [0.15, 0.2) is 0 Å². The molecule has 0 radical (unpaired) electrons. The summed E-state index contributed by atoms with van der Waals surface area (Å²) < 4.78 is 0.913. The van der Waals surface area contributed by atoms with Crippen LogP contribution in [0.1, 0.15) is 25.8 Å². The largest absolute Gasteiger partial charge is 0.344 e. The van der Waals surface area contributed by atoms with Crippen molar-refractivity contribution in [2.75, 3.05) is 25.5 Å². The van der Waals surface area contributed by atoms with E-state index in [0.717, 1.165) is 10.0 Å². The van der Waals surface area contributed by atoms with Crippen LogP contribution in [-0.2, 0) is 14.4 Å². The molecular formula is C18H24BrN5O4. The number of carbonyl (C=O) groups is 4. The molecule has 0 spiro atoms. The van der Waals surface area contributed by atoms with Crippen molar-refractivity contribution in [1.82, 2.24) is 20.7 Å². The van der Waals surface area contributed by atoms with Gasteiger partial charge in [0.2, 0.25) is 5.91 Å². The van der Waals surface area contributed by atoms with Crippen LogP contribution in [0.5, 0.6) is 0 Å². The Morgan fingerprint density at radius 2 is 1.89 bits per heavy atom. The number of rotatable bonds is 7. The summed E-state index contributed by atoms with van der Waals surface area (Å²) in [5, 5.41) is 6.02. The minimum absolute atomic E-state index is 0.0320. The van der Waals surface area contributed by atoms with Crippen LogP contribution in [-0.4, -0.2) is 59.3 Å². The Hall–Kier alpha value is -2.46. The molecule has 152 valence electrons. The van der Waals surface area contributed by atoms with E-state index in [1.54, 1.807) is 27.0 Å². The average Bonchev–Trinajstić information content (AvgIpc) is 2.81. The second kappa shape index (κ2) is 8.70. The van der Waals surface area contributed by atoms with Crippen LogP contribution in [0.3, 0.4) is 0 Å². The number of amides is 5. The molecule has 0 bridgehead atoms. The lowest BCUT2D eigenvalue weighted by molar-refractivity contribution is -0.139. The predicted molar refractivity (Wildman–Crippen MR) is 107 cm³/mol. The van der Waals surface area contributed by atoms with Gasteiger partial charge in [-0.25, -0.2) is 4.79 Å². The van der Waals surface area contributed by atoms with Crippen LogP contribution in [0.4, 0.5) is 10.5 Å². The molecule has 1 saturated heterocycles. The monoisotopic (exact) mass is 453 g/mol. The molecule has 0 saturated carbocycles.